The maximum absolute atomic E-state index is 6.17. The Morgan fingerprint density at radius 3 is 2.50 bits per heavy atom. The molecule has 0 aliphatic heterocycles. The molecule has 4 rings (SSSR count). The normalized spacial score (nSPS) is 54.7. The van der Waals surface area contributed by atoms with E-state index in [9.17, 15) is 0 Å². The van der Waals surface area contributed by atoms with E-state index in [-0.39, 0.29) is 6.29 Å². The van der Waals surface area contributed by atoms with Crippen molar-refractivity contribution in [2.24, 2.45) is 29.1 Å². The highest BCUT2D eigenvalue weighted by Crippen LogP contribution is 2.70. The lowest BCUT2D eigenvalue weighted by atomic mass is 9.62. The zero-order valence-corrected chi connectivity index (χ0v) is 11.7. The van der Waals surface area contributed by atoms with E-state index < -0.39 is 0 Å². The Hall–Kier alpha value is -0.0800. The zero-order chi connectivity index (χ0) is 12.3. The molecule has 1 spiro atoms. The first-order valence-corrected chi connectivity index (χ1v) is 7.89. The van der Waals surface area contributed by atoms with Crippen molar-refractivity contribution in [1.82, 2.24) is 0 Å². The van der Waals surface area contributed by atoms with Crippen LogP contribution in [0.1, 0.15) is 51.9 Å². The Bertz CT molecular complexity index is 338. The van der Waals surface area contributed by atoms with Gasteiger partial charge in [-0.3, -0.25) is 0 Å². The molecule has 0 N–H and O–H groups in total. The van der Waals surface area contributed by atoms with Crippen molar-refractivity contribution in [1.29, 1.82) is 0 Å². The monoisotopic (exact) mass is 250 g/mol. The summed E-state index contributed by atoms with van der Waals surface area (Å²) in [6.07, 6.45) is 10.9. The second kappa shape index (κ2) is 3.96. The van der Waals surface area contributed by atoms with Crippen LogP contribution in [0.5, 0.6) is 0 Å². The topological polar surface area (TPSA) is 18.5 Å². The molecule has 2 heteroatoms. The molecular weight excluding hydrogens is 224 g/mol. The lowest BCUT2D eigenvalue weighted by Crippen LogP contribution is -2.42. The molecule has 4 fully saturated rings. The molecule has 0 heterocycles. The summed E-state index contributed by atoms with van der Waals surface area (Å²) in [5, 5.41) is 0. The third-order valence-electron chi connectivity index (χ3n) is 6.73. The summed E-state index contributed by atoms with van der Waals surface area (Å²) in [6, 6.07) is 0. The Morgan fingerprint density at radius 1 is 1.06 bits per heavy atom. The molecule has 102 valence electrons. The molecule has 18 heavy (non-hydrogen) atoms. The van der Waals surface area contributed by atoms with Crippen molar-refractivity contribution in [3.63, 3.8) is 0 Å². The van der Waals surface area contributed by atoms with E-state index in [1.807, 2.05) is 6.92 Å². The van der Waals surface area contributed by atoms with Gasteiger partial charge in [0.1, 0.15) is 0 Å². The second-order valence-corrected chi connectivity index (χ2v) is 7.44. The van der Waals surface area contributed by atoms with E-state index in [4.69, 9.17) is 9.47 Å². The largest absolute Gasteiger partial charge is 0.356 e. The molecule has 4 aliphatic rings. The molecule has 0 aromatic heterocycles. The van der Waals surface area contributed by atoms with Gasteiger partial charge in [0.05, 0.1) is 6.10 Å². The summed E-state index contributed by atoms with van der Waals surface area (Å²) < 4.78 is 11.5. The van der Waals surface area contributed by atoms with Crippen LogP contribution in [0, 0.1) is 29.1 Å². The van der Waals surface area contributed by atoms with Gasteiger partial charge in [-0.2, -0.15) is 0 Å². The SMILES string of the molecule is COC(C)OC1CC2CC1C1(CC3CCC1C3)C2. The second-order valence-electron chi connectivity index (χ2n) is 7.44. The fourth-order valence-electron chi connectivity index (χ4n) is 6.20. The number of rotatable bonds is 3. The fraction of sp³-hybridized carbons (Fsp3) is 1.00. The smallest absolute Gasteiger partial charge is 0.154 e. The Kier molecular flexibility index (Phi) is 2.58. The van der Waals surface area contributed by atoms with E-state index in [2.05, 4.69) is 0 Å². The molecule has 7 unspecified atom stereocenters. The van der Waals surface area contributed by atoms with Gasteiger partial charge in [0.25, 0.3) is 0 Å². The van der Waals surface area contributed by atoms with Crippen LogP contribution in [-0.2, 0) is 9.47 Å². The zero-order valence-electron chi connectivity index (χ0n) is 11.7. The lowest BCUT2D eigenvalue weighted by Gasteiger charge is -2.45. The van der Waals surface area contributed by atoms with E-state index in [1.54, 1.807) is 7.11 Å². The molecule has 0 aromatic carbocycles. The quantitative estimate of drug-likeness (QED) is 0.713. The van der Waals surface area contributed by atoms with Gasteiger partial charge in [0.15, 0.2) is 6.29 Å². The Labute approximate surface area is 110 Å². The molecule has 0 saturated heterocycles. The van der Waals surface area contributed by atoms with Gasteiger partial charge >= 0.3 is 0 Å². The minimum Gasteiger partial charge on any atom is -0.356 e. The molecule has 4 saturated carbocycles. The lowest BCUT2D eigenvalue weighted by molar-refractivity contribution is -0.174. The van der Waals surface area contributed by atoms with Crippen LogP contribution in [0.3, 0.4) is 0 Å². The van der Waals surface area contributed by atoms with Gasteiger partial charge in [-0.1, -0.05) is 6.42 Å². The van der Waals surface area contributed by atoms with E-state index >= 15 is 0 Å². The molecule has 0 aromatic rings. The molecule has 2 nitrogen and oxygen atoms in total. The summed E-state index contributed by atoms with van der Waals surface area (Å²) in [7, 11) is 1.76. The van der Waals surface area contributed by atoms with Crippen LogP contribution in [0.25, 0.3) is 0 Å². The van der Waals surface area contributed by atoms with Crippen molar-refractivity contribution in [3.05, 3.63) is 0 Å². The summed E-state index contributed by atoms with van der Waals surface area (Å²) in [5.41, 5.74) is 0.698. The van der Waals surface area contributed by atoms with Crippen LogP contribution >= 0.6 is 0 Å². The van der Waals surface area contributed by atoms with Crippen molar-refractivity contribution < 1.29 is 9.47 Å². The van der Waals surface area contributed by atoms with Gasteiger partial charge in [-0.05, 0) is 74.5 Å². The predicted molar refractivity (Wildman–Crippen MR) is 70.1 cm³/mol. The van der Waals surface area contributed by atoms with Crippen molar-refractivity contribution in [2.45, 2.75) is 64.3 Å². The van der Waals surface area contributed by atoms with E-state index in [0.717, 1.165) is 23.7 Å². The Morgan fingerprint density at radius 2 is 1.89 bits per heavy atom. The summed E-state index contributed by atoms with van der Waals surface area (Å²) in [6.45, 7) is 2.04. The molecule has 4 bridgehead atoms. The third-order valence-corrected chi connectivity index (χ3v) is 6.73. The van der Waals surface area contributed by atoms with Gasteiger partial charge in [-0.15, -0.1) is 0 Å². The average molecular weight is 250 g/mol. The molecule has 0 amide bonds. The average Bonchev–Trinajstić information content (AvgIpc) is 3.08. The van der Waals surface area contributed by atoms with Crippen molar-refractivity contribution in [2.75, 3.05) is 7.11 Å². The van der Waals surface area contributed by atoms with Gasteiger partial charge in [0.2, 0.25) is 0 Å². The van der Waals surface area contributed by atoms with Crippen molar-refractivity contribution >= 4 is 0 Å². The maximum Gasteiger partial charge on any atom is 0.154 e. The third kappa shape index (κ3) is 1.48. The van der Waals surface area contributed by atoms with Crippen LogP contribution in [-0.4, -0.2) is 19.5 Å². The molecule has 4 aliphatic carbocycles. The minimum atomic E-state index is -0.0232. The van der Waals surface area contributed by atoms with Crippen LogP contribution in [0.4, 0.5) is 0 Å². The van der Waals surface area contributed by atoms with Crippen LogP contribution in [0.15, 0.2) is 0 Å². The highest BCUT2D eigenvalue weighted by atomic mass is 16.7. The first-order chi connectivity index (χ1) is 8.71. The Balaban J connectivity index is 1.54. The van der Waals surface area contributed by atoms with E-state index in [1.165, 1.54) is 44.9 Å². The molecule has 0 radical (unpaired) electrons. The molecular formula is C16H26O2. The number of fused-ring (bicyclic) bond motifs is 6. The standard InChI is InChI=1S/C16H26O2/c1-10(17-2)18-15-7-12-6-14(15)16(9-12)8-11-3-4-13(16)5-11/h10-15H,3-9H2,1-2H3. The maximum atomic E-state index is 6.17. The van der Waals surface area contributed by atoms with Gasteiger partial charge in [0, 0.05) is 7.11 Å². The number of hydrogen-bond donors (Lipinski definition) is 0. The summed E-state index contributed by atoms with van der Waals surface area (Å²) in [4.78, 5) is 0. The fourth-order valence-corrected chi connectivity index (χ4v) is 6.20. The number of methoxy groups -OCH3 is 1. The minimum absolute atomic E-state index is 0.0232. The van der Waals surface area contributed by atoms with Gasteiger partial charge in [-0.25, -0.2) is 0 Å². The summed E-state index contributed by atoms with van der Waals surface area (Å²) >= 11 is 0. The van der Waals surface area contributed by atoms with Gasteiger partial charge < -0.3 is 9.47 Å². The highest BCUT2D eigenvalue weighted by molar-refractivity contribution is 5.13. The number of ether oxygens (including phenoxy) is 2. The first kappa shape index (κ1) is 11.7. The number of hydrogen-bond acceptors (Lipinski definition) is 2. The summed E-state index contributed by atoms with van der Waals surface area (Å²) in [5.74, 6) is 3.93. The highest BCUT2D eigenvalue weighted by Gasteiger charge is 2.63. The van der Waals surface area contributed by atoms with Crippen molar-refractivity contribution in [3.8, 4) is 0 Å². The first-order valence-electron chi connectivity index (χ1n) is 7.89. The molecule has 7 atom stereocenters. The van der Waals surface area contributed by atoms with E-state index in [0.29, 0.717) is 11.5 Å². The predicted octanol–water partition coefficient (Wildman–Crippen LogP) is 3.60. The van der Waals surface area contributed by atoms with Crippen LogP contribution in [0.2, 0.25) is 0 Å². The van der Waals surface area contributed by atoms with Crippen LogP contribution < -0.4 is 0 Å².